The molecular weight excluding hydrogens is 392 g/mol. The Bertz CT molecular complexity index is 898. The first kappa shape index (κ1) is 22.5. The number of nitrogens with zero attached hydrogens (tertiary/aromatic N) is 1. The van der Waals surface area contributed by atoms with Crippen molar-refractivity contribution in [2.45, 2.75) is 45.1 Å². The fourth-order valence-corrected chi connectivity index (χ4v) is 4.24. The molecule has 0 radical (unpaired) electrons. The van der Waals surface area contributed by atoms with E-state index in [2.05, 4.69) is 34.7 Å². The van der Waals surface area contributed by atoms with E-state index >= 15 is 0 Å². The summed E-state index contributed by atoms with van der Waals surface area (Å²) in [6.45, 7) is 6.18. The summed E-state index contributed by atoms with van der Waals surface area (Å²) in [6.07, 6.45) is 4.83. The molecule has 2 fully saturated rings. The van der Waals surface area contributed by atoms with Crippen molar-refractivity contribution in [3.63, 3.8) is 0 Å². The molecule has 5 nitrogen and oxygen atoms in total. The van der Waals surface area contributed by atoms with Crippen molar-refractivity contribution in [2.75, 3.05) is 23.9 Å². The highest BCUT2D eigenvalue weighted by Gasteiger charge is 2.29. The maximum absolute atomic E-state index is 11.0. The molecule has 0 bridgehead atoms. The van der Waals surface area contributed by atoms with Gasteiger partial charge in [0.25, 0.3) is 0 Å². The van der Waals surface area contributed by atoms with Gasteiger partial charge in [-0.25, -0.2) is 4.98 Å². The predicted octanol–water partition coefficient (Wildman–Crippen LogP) is 5.25. The molecule has 6 heteroatoms. The Morgan fingerprint density at radius 1 is 1.30 bits per heavy atom. The van der Waals surface area contributed by atoms with Gasteiger partial charge in [-0.3, -0.25) is 4.79 Å². The molecule has 30 heavy (non-hydrogen) atoms. The van der Waals surface area contributed by atoms with Crippen LogP contribution in [0.2, 0.25) is 0 Å². The van der Waals surface area contributed by atoms with E-state index in [1.807, 2.05) is 44.8 Å². The number of aromatic nitrogens is 1. The van der Waals surface area contributed by atoms with Gasteiger partial charge < -0.3 is 16.0 Å². The summed E-state index contributed by atoms with van der Waals surface area (Å²) in [5.74, 6) is 3.95. The van der Waals surface area contributed by atoms with E-state index in [1.165, 1.54) is 36.1 Å². The minimum absolute atomic E-state index is 0.0667. The lowest BCUT2D eigenvalue weighted by Gasteiger charge is -2.37. The fraction of sp³-hybridized carbons (Fsp3) is 0.458. The zero-order valence-electron chi connectivity index (χ0n) is 18.3. The summed E-state index contributed by atoms with van der Waals surface area (Å²) in [5.41, 5.74) is 4.44. The maximum Gasteiger partial charge on any atom is 0.151 e. The Morgan fingerprint density at radius 3 is 2.53 bits per heavy atom. The number of rotatable bonds is 7. The molecule has 1 aliphatic heterocycles. The van der Waals surface area contributed by atoms with Gasteiger partial charge in [0.05, 0.1) is 0 Å². The van der Waals surface area contributed by atoms with E-state index < -0.39 is 0 Å². The lowest BCUT2D eigenvalue weighted by Crippen LogP contribution is -2.51. The Balaban J connectivity index is 0.000000310. The molecule has 3 N–H and O–H groups in total. The Labute approximate surface area is 184 Å². The number of benzene rings is 1. The van der Waals surface area contributed by atoms with Crippen LogP contribution >= 0.6 is 11.8 Å². The standard InChI is InChI=1S/C19H21N3O.C5H11NS/c1-12(2)18(20)17-8-13(11-23)10-21-19(17)22-16-5-3-4-15(9-16)14-6-7-14;1-5(6-2)3-7-4-5/h3-5,8-12,14,20H,6-7H2,1-2H3,(H,21,22);6H,3-4H2,1-2H3. The number of hydrogen-bond acceptors (Lipinski definition) is 6. The second-order valence-electron chi connectivity index (χ2n) is 8.68. The smallest absolute Gasteiger partial charge is 0.151 e. The quantitative estimate of drug-likeness (QED) is 0.418. The largest absolute Gasteiger partial charge is 0.340 e. The molecule has 1 aromatic carbocycles. The van der Waals surface area contributed by atoms with Crippen molar-refractivity contribution < 1.29 is 4.79 Å². The van der Waals surface area contributed by atoms with Crippen LogP contribution in [0.4, 0.5) is 11.5 Å². The number of carbonyl (C=O) groups is 1. The summed E-state index contributed by atoms with van der Waals surface area (Å²) < 4.78 is 0. The van der Waals surface area contributed by atoms with Crippen molar-refractivity contribution in [1.82, 2.24) is 10.3 Å². The first-order valence-electron chi connectivity index (χ1n) is 10.5. The topological polar surface area (TPSA) is 77.9 Å². The number of aldehydes is 1. The van der Waals surface area contributed by atoms with E-state index in [1.54, 1.807) is 6.07 Å². The van der Waals surface area contributed by atoms with Crippen LogP contribution in [-0.4, -0.2) is 41.1 Å². The molecule has 4 rings (SSSR count). The van der Waals surface area contributed by atoms with E-state index in [9.17, 15) is 4.79 Å². The third-order valence-corrected chi connectivity index (χ3v) is 7.24. The molecule has 1 aromatic heterocycles. The second-order valence-corrected chi connectivity index (χ2v) is 9.66. The Hall–Kier alpha value is -2.18. The van der Waals surface area contributed by atoms with Crippen molar-refractivity contribution in [1.29, 1.82) is 5.41 Å². The minimum Gasteiger partial charge on any atom is -0.340 e. The molecule has 0 spiro atoms. The molecule has 2 aromatic rings. The van der Waals surface area contributed by atoms with Gasteiger partial charge >= 0.3 is 0 Å². The Kier molecular flexibility index (Phi) is 7.32. The van der Waals surface area contributed by atoms with Crippen LogP contribution in [0.25, 0.3) is 0 Å². The summed E-state index contributed by atoms with van der Waals surface area (Å²) in [4.78, 5) is 15.4. The van der Waals surface area contributed by atoms with Crippen molar-refractivity contribution >= 4 is 35.3 Å². The van der Waals surface area contributed by atoms with Gasteiger partial charge in [0.1, 0.15) is 5.82 Å². The van der Waals surface area contributed by atoms with E-state index in [4.69, 9.17) is 5.41 Å². The van der Waals surface area contributed by atoms with Crippen LogP contribution in [0.1, 0.15) is 61.0 Å². The minimum atomic E-state index is 0.0667. The van der Waals surface area contributed by atoms with E-state index in [0.717, 1.165) is 12.0 Å². The first-order chi connectivity index (χ1) is 14.3. The van der Waals surface area contributed by atoms with Gasteiger partial charge in [-0.2, -0.15) is 11.8 Å². The van der Waals surface area contributed by atoms with Crippen molar-refractivity contribution in [3.05, 3.63) is 53.2 Å². The van der Waals surface area contributed by atoms with Crippen LogP contribution < -0.4 is 10.6 Å². The van der Waals surface area contributed by atoms with Crippen LogP contribution in [-0.2, 0) is 0 Å². The molecule has 1 saturated carbocycles. The molecule has 2 aliphatic rings. The van der Waals surface area contributed by atoms with Gasteiger partial charge in [-0.15, -0.1) is 0 Å². The molecule has 160 valence electrons. The lowest BCUT2D eigenvalue weighted by molar-refractivity contribution is 0.112. The van der Waals surface area contributed by atoms with Gasteiger partial charge in [0.15, 0.2) is 6.29 Å². The number of thioether (sulfide) groups is 1. The van der Waals surface area contributed by atoms with Gasteiger partial charge in [0, 0.05) is 45.8 Å². The summed E-state index contributed by atoms with van der Waals surface area (Å²) in [6, 6.07) is 10.1. The lowest BCUT2D eigenvalue weighted by atomic mass is 9.99. The number of carbonyl (C=O) groups excluding carboxylic acids is 1. The molecule has 0 amide bonds. The number of nitrogens with one attached hydrogen (secondary N) is 3. The van der Waals surface area contributed by atoms with Gasteiger partial charge in [-0.05, 0) is 62.4 Å². The molecule has 2 heterocycles. The molecule has 1 aliphatic carbocycles. The maximum atomic E-state index is 11.0. The normalized spacial score (nSPS) is 16.8. The number of anilines is 2. The monoisotopic (exact) mass is 424 g/mol. The van der Waals surface area contributed by atoms with Crippen molar-refractivity contribution in [3.8, 4) is 0 Å². The average molecular weight is 425 g/mol. The third kappa shape index (κ3) is 5.70. The van der Waals surface area contributed by atoms with Gasteiger partial charge in [-0.1, -0.05) is 26.0 Å². The zero-order chi connectivity index (χ0) is 21.7. The van der Waals surface area contributed by atoms with Gasteiger partial charge in [0.2, 0.25) is 0 Å². The van der Waals surface area contributed by atoms with Crippen LogP contribution in [0, 0.1) is 11.3 Å². The van der Waals surface area contributed by atoms with Crippen LogP contribution in [0.5, 0.6) is 0 Å². The highest BCUT2D eigenvalue weighted by atomic mass is 32.2. The molecular formula is C24H32N4OS. The van der Waals surface area contributed by atoms with Crippen LogP contribution in [0.15, 0.2) is 36.5 Å². The third-order valence-electron chi connectivity index (χ3n) is 5.56. The highest BCUT2D eigenvalue weighted by molar-refractivity contribution is 8.00. The molecule has 0 atom stereocenters. The SMILES string of the molecule is CC(C)C(=N)c1cc(C=O)cnc1Nc1cccc(C2CC2)c1.CNC1(C)CSC1. The second kappa shape index (κ2) is 9.75. The Morgan fingerprint density at radius 2 is 2.03 bits per heavy atom. The highest BCUT2D eigenvalue weighted by Crippen LogP contribution is 2.41. The van der Waals surface area contributed by atoms with E-state index in [0.29, 0.717) is 34.1 Å². The molecule has 0 unspecified atom stereocenters. The zero-order valence-corrected chi connectivity index (χ0v) is 19.1. The number of pyridine rings is 1. The predicted molar refractivity (Wildman–Crippen MR) is 128 cm³/mol. The fourth-order valence-electron chi connectivity index (χ4n) is 3.14. The molecule has 1 saturated heterocycles. The van der Waals surface area contributed by atoms with E-state index in [-0.39, 0.29) is 5.92 Å². The number of hydrogen-bond donors (Lipinski definition) is 3. The average Bonchev–Trinajstić information content (AvgIpc) is 3.58. The first-order valence-corrected chi connectivity index (χ1v) is 11.7. The van der Waals surface area contributed by atoms with Crippen molar-refractivity contribution in [2.24, 2.45) is 5.92 Å². The summed E-state index contributed by atoms with van der Waals surface area (Å²) in [5, 5.41) is 14.9. The van der Waals surface area contributed by atoms with Crippen LogP contribution in [0.3, 0.4) is 0 Å². The summed E-state index contributed by atoms with van der Waals surface area (Å²) >= 11 is 2.01. The summed E-state index contributed by atoms with van der Waals surface area (Å²) in [7, 11) is 2.03.